The number of halogens is 1. The first-order chi connectivity index (χ1) is 10.7. The Hall–Kier alpha value is -2.62. The molecule has 0 radical (unpaired) electrons. The molecule has 0 saturated heterocycles. The van der Waals surface area contributed by atoms with Gasteiger partial charge in [0.2, 0.25) is 5.91 Å². The van der Waals surface area contributed by atoms with Gasteiger partial charge in [0, 0.05) is 12.6 Å². The summed E-state index contributed by atoms with van der Waals surface area (Å²) < 4.78 is 18.5. The molecule has 114 valence electrons. The van der Waals surface area contributed by atoms with Crippen LogP contribution in [0.15, 0.2) is 54.6 Å². The van der Waals surface area contributed by atoms with Gasteiger partial charge in [0.25, 0.3) is 0 Å². The molecule has 1 N–H and O–H groups in total. The van der Waals surface area contributed by atoms with E-state index in [0.29, 0.717) is 18.5 Å². The molecule has 0 aliphatic heterocycles. The summed E-state index contributed by atoms with van der Waals surface area (Å²) in [6, 6.07) is 13.9. The molecule has 0 fully saturated rings. The van der Waals surface area contributed by atoms with Crippen LogP contribution in [0.4, 0.5) is 4.39 Å². The van der Waals surface area contributed by atoms with Gasteiger partial charge in [-0.3, -0.25) is 4.79 Å². The van der Waals surface area contributed by atoms with Crippen molar-refractivity contribution in [1.29, 1.82) is 0 Å². The van der Waals surface area contributed by atoms with Crippen molar-refractivity contribution in [3.05, 3.63) is 71.6 Å². The monoisotopic (exact) mass is 299 g/mol. The Morgan fingerprint density at radius 2 is 1.91 bits per heavy atom. The predicted molar refractivity (Wildman–Crippen MR) is 85.1 cm³/mol. The van der Waals surface area contributed by atoms with Gasteiger partial charge in [0.15, 0.2) is 0 Å². The Morgan fingerprint density at radius 3 is 2.59 bits per heavy atom. The molecule has 0 heterocycles. The number of nitrogens with one attached hydrogen (secondary N) is 1. The first-order valence-electron chi connectivity index (χ1n) is 7.02. The predicted octanol–water partition coefficient (Wildman–Crippen LogP) is 3.21. The standard InChI is InChI=1S/C18H18FNO2/c1-22-16-9-6-14(7-10-16)8-11-18(21)20-13-12-15-4-2-3-5-17(15)19/h2-11H,12-13H2,1H3,(H,20,21)/b11-8+. The van der Waals surface area contributed by atoms with Gasteiger partial charge in [-0.15, -0.1) is 0 Å². The van der Waals surface area contributed by atoms with Crippen LogP contribution in [0.3, 0.4) is 0 Å². The Labute approximate surface area is 129 Å². The third kappa shape index (κ3) is 4.74. The molecule has 0 aliphatic carbocycles. The van der Waals surface area contributed by atoms with Crippen molar-refractivity contribution in [3.8, 4) is 5.75 Å². The van der Waals surface area contributed by atoms with E-state index in [-0.39, 0.29) is 11.7 Å². The van der Waals surface area contributed by atoms with Crippen LogP contribution in [0.2, 0.25) is 0 Å². The van der Waals surface area contributed by atoms with Crippen molar-refractivity contribution in [2.24, 2.45) is 0 Å². The first-order valence-corrected chi connectivity index (χ1v) is 7.02. The van der Waals surface area contributed by atoms with Crippen molar-refractivity contribution in [3.63, 3.8) is 0 Å². The highest BCUT2D eigenvalue weighted by Crippen LogP contribution is 2.12. The summed E-state index contributed by atoms with van der Waals surface area (Å²) in [5.41, 5.74) is 1.51. The third-order valence-electron chi connectivity index (χ3n) is 3.19. The average Bonchev–Trinajstić information content (AvgIpc) is 2.55. The molecular formula is C18H18FNO2. The lowest BCUT2D eigenvalue weighted by Gasteiger charge is -2.04. The minimum Gasteiger partial charge on any atom is -0.497 e. The minimum absolute atomic E-state index is 0.202. The lowest BCUT2D eigenvalue weighted by molar-refractivity contribution is -0.116. The molecule has 0 aromatic heterocycles. The number of ether oxygens (including phenoxy) is 1. The van der Waals surface area contributed by atoms with Crippen LogP contribution < -0.4 is 10.1 Å². The molecule has 2 aromatic rings. The van der Waals surface area contributed by atoms with Crippen LogP contribution in [0, 0.1) is 5.82 Å². The highest BCUT2D eigenvalue weighted by molar-refractivity contribution is 5.91. The van der Waals surface area contributed by atoms with Gasteiger partial charge < -0.3 is 10.1 Å². The van der Waals surface area contributed by atoms with Crippen LogP contribution in [0.25, 0.3) is 6.08 Å². The van der Waals surface area contributed by atoms with E-state index >= 15 is 0 Å². The van der Waals surface area contributed by atoms with E-state index in [4.69, 9.17) is 4.74 Å². The first kappa shape index (κ1) is 15.8. The van der Waals surface area contributed by atoms with Gasteiger partial charge in [0.1, 0.15) is 11.6 Å². The van der Waals surface area contributed by atoms with E-state index in [1.807, 2.05) is 24.3 Å². The molecule has 4 heteroatoms. The fraction of sp³-hybridized carbons (Fsp3) is 0.167. The second-order valence-corrected chi connectivity index (χ2v) is 4.74. The molecule has 0 unspecified atom stereocenters. The maximum absolute atomic E-state index is 13.4. The molecule has 3 nitrogen and oxygen atoms in total. The van der Waals surface area contributed by atoms with E-state index in [2.05, 4.69) is 5.32 Å². The lowest BCUT2D eigenvalue weighted by atomic mass is 10.1. The van der Waals surface area contributed by atoms with Gasteiger partial charge in [0.05, 0.1) is 7.11 Å². The number of rotatable bonds is 6. The van der Waals surface area contributed by atoms with Crippen molar-refractivity contribution in [2.45, 2.75) is 6.42 Å². The number of carbonyl (C=O) groups is 1. The normalized spacial score (nSPS) is 10.6. The molecule has 22 heavy (non-hydrogen) atoms. The number of carbonyl (C=O) groups excluding carboxylic acids is 1. The fourth-order valence-electron chi connectivity index (χ4n) is 1.97. The summed E-state index contributed by atoms with van der Waals surface area (Å²) in [6.07, 6.45) is 3.65. The summed E-state index contributed by atoms with van der Waals surface area (Å²) in [6.45, 7) is 0.396. The Kier molecular flexibility index (Phi) is 5.72. The van der Waals surface area contributed by atoms with Gasteiger partial charge >= 0.3 is 0 Å². The second kappa shape index (κ2) is 7.98. The smallest absolute Gasteiger partial charge is 0.244 e. The van der Waals surface area contributed by atoms with Crippen molar-refractivity contribution >= 4 is 12.0 Å². The van der Waals surface area contributed by atoms with E-state index in [1.54, 1.807) is 31.4 Å². The average molecular weight is 299 g/mol. The Balaban J connectivity index is 1.80. The number of hydrogen-bond donors (Lipinski definition) is 1. The van der Waals surface area contributed by atoms with Crippen molar-refractivity contribution in [2.75, 3.05) is 13.7 Å². The third-order valence-corrected chi connectivity index (χ3v) is 3.19. The number of hydrogen-bond acceptors (Lipinski definition) is 2. The summed E-state index contributed by atoms with van der Waals surface area (Å²) in [7, 11) is 1.61. The molecule has 2 aromatic carbocycles. The zero-order valence-electron chi connectivity index (χ0n) is 12.4. The van der Waals surface area contributed by atoms with Crippen LogP contribution in [-0.2, 0) is 11.2 Å². The van der Waals surface area contributed by atoms with E-state index < -0.39 is 0 Å². The molecule has 0 spiro atoms. The van der Waals surface area contributed by atoms with Gasteiger partial charge in [-0.05, 0) is 41.8 Å². The Bertz CT molecular complexity index is 650. The second-order valence-electron chi connectivity index (χ2n) is 4.74. The molecule has 0 saturated carbocycles. The molecule has 2 rings (SSSR count). The van der Waals surface area contributed by atoms with Crippen molar-refractivity contribution < 1.29 is 13.9 Å². The van der Waals surface area contributed by atoms with Crippen LogP contribution >= 0.6 is 0 Å². The fourth-order valence-corrected chi connectivity index (χ4v) is 1.97. The number of benzene rings is 2. The van der Waals surface area contributed by atoms with Gasteiger partial charge in [-0.2, -0.15) is 0 Å². The topological polar surface area (TPSA) is 38.3 Å². The largest absolute Gasteiger partial charge is 0.497 e. The minimum atomic E-state index is -0.245. The number of amides is 1. The molecule has 0 aliphatic rings. The molecular weight excluding hydrogens is 281 g/mol. The summed E-state index contributed by atoms with van der Waals surface area (Å²) >= 11 is 0. The zero-order valence-corrected chi connectivity index (χ0v) is 12.4. The van der Waals surface area contributed by atoms with Crippen molar-refractivity contribution in [1.82, 2.24) is 5.32 Å². The van der Waals surface area contributed by atoms with E-state index in [1.165, 1.54) is 12.1 Å². The van der Waals surface area contributed by atoms with E-state index in [9.17, 15) is 9.18 Å². The quantitative estimate of drug-likeness (QED) is 0.832. The maximum Gasteiger partial charge on any atom is 0.244 e. The summed E-state index contributed by atoms with van der Waals surface area (Å²) in [5.74, 6) is 0.323. The SMILES string of the molecule is COc1ccc(/C=C/C(=O)NCCc2ccccc2F)cc1. The highest BCUT2D eigenvalue weighted by Gasteiger charge is 2.01. The zero-order chi connectivity index (χ0) is 15.8. The number of methoxy groups -OCH3 is 1. The van der Waals surface area contributed by atoms with E-state index in [0.717, 1.165) is 11.3 Å². The molecule has 0 atom stereocenters. The summed E-state index contributed by atoms with van der Waals surface area (Å²) in [4.78, 5) is 11.7. The van der Waals surface area contributed by atoms with Gasteiger partial charge in [-0.25, -0.2) is 4.39 Å². The Morgan fingerprint density at radius 1 is 1.18 bits per heavy atom. The van der Waals surface area contributed by atoms with Crippen LogP contribution in [0.5, 0.6) is 5.75 Å². The summed E-state index contributed by atoms with van der Waals surface area (Å²) in [5, 5.41) is 2.73. The van der Waals surface area contributed by atoms with Crippen LogP contribution in [-0.4, -0.2) is 19.6 Å². The maximum atomic E-state index is 13.4. The van der Waals surface area contributed by atoms with Crippen LogP contribution in [0.1, 0.15) is 11.1 Å². The molecule has 1 amide bonds. The van der Waals surface area contributed by atoms with Gasteiger partial charge in [-0.1, -0.05) is 30.3 Å². The molecule has 0 bridgehead atoms. The lowest BCUT2D eigenvalue weighted by Crippen LogP contribution is -2.23. The highest BCUT2D eigenvalue weighted by atomic mass is 19.1.